The summed E-state index contributed by atoms with van der Waals surface area (Å²) in [5.41, 5.74) is 2.84. The number of rotatable bonds is 3. The van der Waals surface area contributed by atoms with E-state index < -0.39 is 0 Å². The van der Waals surface area contributed by atoms with Gasteiger partial charge in [0.15, 0.2) is 0 Å². The van der Waals surface area contributed by atoms with E-state index >= 15 is 0 Å². The van der Waals surface area contributed by atoms with Gasteiger partial charge in [-0.05, 0) is 41.3 Å². The molecule has 0 unspecified atom stereocenters. The summed E-state index contributed by atoms with van der Waals surface area (Å²) in [6, 6.07) is 14.2. The van der Waals surface area contributed by atoms with Crippen LogP contribution < -0.4 is 5.32 Å². The molecule has 0 aliphatic carbocycles. The summed E-state index contributed by atoms with van der Waals surface area (Å²) in [4.78, 5) is 14.4. The first-order valence-electron chi connectivity index (χ1n) is 8.09. The second-order valence-electron chi connectivity index (χ2n) is 6.18. The van der Waals surface area contributed by atoms with E-state index in [1.54, 1.807) is 22.7 Å². The van der Waals surface area contributed by atoms with Crippen LogP contribution >= 0.6 is 11.8 Å². The number of anilines is 1. The van der Waals surface area contributed by atoms with E-state index in [0.717, 1.165) is 17.0 Å². The summed E-state index contributed by atoms with van der Waals surface area (Å²) in [6.07, 6.45) is 0. The Morgan fingerprint density at radius 3 is 2.67 bits per heavy atom. The minimum Gasteiger partial charge on any atom is -0.308 e. The number of halogens is 1. The van der Waals surface area contributed by atoms with Gasteiger partial charge >= 0.3 is 6.03 Å². The van der Waals surface area contributed by atoms with Crippen LogP contribution in [0.1, 0.15) is 36.3 Å². The van der Waals surface area contributed by atoms with Crippen molar-refractivity contribution in [2.45, 2.75) is 25.1 Å². The van der Waals surface area contributed by atoms with Crippen molar-refractivity contribution in [3.63, 3.8) is 0 Å². The Morgan fingerprint density at radius 1 is 1.25 bits per heavy atom. The predicted molar refractivity (Wildman–Crippen MR) is 97.9 cm³/mol. The molecule has 24 heavy (non-hydrogen) atoms. The van der Waals surface area contributed by atoms with Gasteiger partial charge in [-0.3, -0.25) is 0 Å². The molecule has 1 atom stereocenters. The minimum absolute atomic E-state index is 0.143. The van der Waals surface area contributed by atoms with Crippen LogP contribution in [0.5, 0.6) is 0 Å². The zero-order valence-electron chi connectivity index (χ0n) is 13.8. The third-order valence-electron chi connectivity index (χ3n) is 4.11. The summed E-state index contributed by atoms with van der Waals surface area (Å²) in [5.74, 6) is 1.03. The highest BCUT2D eigenvalue weighted by molar-refractivity contribution is 7.99. The molecule has 0 radical (unpaired) electrons. The Balaban J connectivity index is 1.71. The number of hydrogen-bond acceptors (Lipinski definition) is 2. The average molecular weight is 344 g/mol. The zero-order chi connectivity index (χ0) is 17.1. The highest BCUT2D eigenvalue weighted by Gasteiger charge is 2.30. The number of carbonyl (C=O) groups is 1. The standard InChI is InChI=1S/C19H21FN2OS/c1-13(2)14-6-8-17(9-7-14)21-19(23)22-10-11-24-18(22)15-4-3-5-16(20)12-15/h3-9,12-13,18H,10-11H2,1-2H3,(H,21,23)/t18-/m1/s1. The molecule has 2 amide bonds. The van der Waals surface area contributed by atoms with Crippen molar-refractivity contribution in [1.82, 2.24) is 4.90 Å². The first-order chi connectivity index (χ1) is 11.5. The molecule has 2 aromatic carbocycles. The highest BCUT2D eigenvalue weighted by atomic mass is 32.2. The third-order valence-corrected chi connectivity index (χ3v) is 5.37. The fourth-order valence-electron chi connectivity index (χ4n) is 2.76. The summed E-state index contributed by atoms with van der Waals surface area (Å²) in [6.45, 7) is 4.93. The van der Waals surface area contributed by atoms with E-state index in [-0.39, 0.29) is 17.2 Å². The molecule has 1 heterocycles. The monoisotopic (exact) mass is 344 g/mol. The van der Waals surface area contributed by atoms with Crippen molar-refractivity contribution < 1.29 is 9.18 Å². The van der Waals surface area contributed by atoms with Crippen molar-refractivity contribution in [2.75, 3.05) is 17.6 Å². The van der Waals surface area contributed by atoms with Gasteiger partial charge < -0.3 is 10.2 Å². The maximum atomic E-state index is 13.5. The first-order valence-corrected chi connectivity index (χ1v) is 9.14. The van der Waals surface area contributed by atoms with Crippen LogP contribution in [-0.2, 0) is 0 Å². The van der Waals surface area contributed by atoms with Crippen LogP contribution in [0.15, 0.2) is 48.5 Å². The van der Waals surface area contributed by atoms with E-state index in [2.05, 4.69) is 19.2 Å². The molecule has 0 bridgehead atoms. The van der Waals surface area contributed by atoms with E-state index in [1.807, 2.05) is 30.3 Å². The second kappa shape index (κ2) is 7.26. The molecule has 1 fully saturated rings. The number of hydrogen-bond donors (Lipinski definition) is 1. The molecular weight excluding hydrogens is 323 g/mol. The molecule has 3 rings (SSSR count). The maximum Gasteiger partial charge on any atom is 0.323 e. The molecule has 1 aliphatic rings. The molecule has 3 nitrogen and oxygen atoms in total. The van der Waals surface area contributed by atoms with Crippen LogP contribution in [0.4, 0.5) is 14.9 Å². The van der Waals surface area contributed by atoms with Gasteiger partial charge in [0.25, 0.3) is 0 Å². The number of carbonyl (C=O) groups excluding carboxylic acids is 1. The molecule has 1 N–H and O–H groups in total. The van der Waals surface area contributed by atoms with Gasteiger partial charge in [-0.1, -0.05) is 38.1 Å². The van der Waals surface area contributed by atoms with Crippen LogP contribution in [0.3, 0.4) is 0 Å². The van der Waals surface area contributed by atoms with Crippen molar-refractivity contribution in [1.29, 1.82) is 0 Å². The molecule has 5 heteroatoms. The summed E-state index contributed by atoms with van der Waals surface area (Å²) in [7, 11) is 0. The molecule has 0 saturated carbocycles. The fourth-order valence-corrected chi connectivity index (χ4v) is 4.01. The van der Waals surface area contributed by atoms with Gasteiger partial charge in [0.2, 0.25) is 0 Å². The number of amides is 2. The minimum atomic E-state index is -0.273. The van der Waals surface area contributed by atoms with Crippen molar-refractivity contribution in [3.05, 3.63) is 65.5 Å². The predicted octanol–water partition coefficient (Wildman–Crippen LogP) is 5.23. The van der Waals surface area contributed by atoms with Gasteiger partial charge in [0, 0.05) is 18.0 Å². The normalized spacial score (nSPS) is 17.3. The van der Waals surface area contributed by atoms with Gasteiger partial charge in [-0.15, -0.1) is 11.8 Å². The van der Waals surface area contributed by atoms with Crippen LogP contribution in [0.2, 0.25) is 0 Å². The number of nitrogens with zero attached hydrogens (tertiary/aromatic N) is 1. The maximum absolute atomic E-state index is 13.5. The Hall–Kier alpha value is -2.01. The first kappa shape index (κ1) is 16.8. The zero-order valence-corrected chi connectivity index (χ0v) is 14.6. The SMILES string of the molecule is CC(C)c1ccc(NC(=O)N2CCS[C@@H]2c2cccc(F)c2)cc1. The summed E-state index contributed by atoms with van der Waals surface area (Å²) < 4.78 is 13.5. The van der Waals surface area contributed by atoms with Gasteiger partial charge in [0.1, 0.15) is 11.2 Å². The third kappa shape index (κ3) is 3.73. The number of benzene rings is 2. The molecule has 2 aromatic rings. The average Bonchev–Trinajstić information content (AvgIpc) is 3.05. The van der Waals surface area contributed by atoms with E-state index in [0.29, 0.717) is 12.5 Å². The summed E-state index contributed by atoms with van der Waals surface area (Å²) in [5, 5.41) is 2.80. The lowest BCUT2D eigenvalue weighted by molar-refractivity contribution is 0.214. The van der Waals surface area contributed by atoms with Gasteiger partial charge in [-0.25, -0.2) is 9.18 Å². The summed E-state index contributed by atoms with van der Waals surface area (Å²) >= 11 is 1.66. The largest absolute Gasteiger partial charge is 0.323 e. The quantitative estimate of drug-likeness (QED) is 0.827. The Morgan fingerprint density at radius 2 is 2.00 bits per heavy atom. The van der Waals surface area contributed by atoms with Crippen LogP contribution in [-0.4, -0.2) is 23.2 Å². The lowest BCUT2D eigenvalue weighted by Crippen LogP contribution is -2.34. The molecular formula is C19H21FN2OS. The van der Waals surface area contributed by atoms with E-state index in [1.165, 1.54) is 17.7 Å². The number of urea groups is 1. The smallest absolute Gasteiger partial charge is 0.308 e. The Labute approximate surface area is 146 Å². The number of thioether (sulfide) groups is 1. The van der Waals surface area contributed by atoms with Gasteiger partial charge in [-0.2, -0.15) is 0 Å². The van der Waals surface area contributed by atoms with Crippen LogP contribution in [0, 0.1) is 5.82 Å². The molecule has 1 aliphatic heterocycles. The van der Waals surface area contributed by atoms with Crippen LogP contribution in [0.25, 0.3) is 0 Å². The fraction of sp³-hybridized carbons (Fsp3) is 0.316. The lowest BCUT2D eigenvalue weighted by atomic mass is 10.0. The van der Waals surface area contributed by atoms with Crippen molar-refractivity contribution >= 4 is 23.5 Å². The van der Waals surface area contributed by atoms with E-state index in [4.69, 9.17) is 0 Å². The second-order valence-corrected chi connectivity index (χ2v) is 7.37. The highest BCUT2D eigenvalue weighted by Crippen LogP contribution is 2.38. The van der Waals surface area contributed by atoms with Crippen molar-refractivity contribution in [3.8, 4) is 0 Å². The topological polar surface area (TPSA) is 32.3 Å². The molecule has 0 aromatic heterocycles. The van der Waals surface area contributed by atoms with Gasteiger partial charge in [0.05, 0.1) is 0 Å². The lowest BCUT2D eigenvalue weighted by Gasteiger charge is -2.24. The van der Waals surface area contributed by atoms with Crippen molar-refractivity contribution in [2.24, 2.45) is 0 Å². The van der Waals surface area contributed by atoms with E-state index in [9.17, 15) is 9.18 Å². The number of nitrogens with one attached hydrogen (secondary N) is 1. The molecule has 0 spiro atoms. The molecule has 1 saturated heterocycles. The Bertz CT molecular complexity index is 718. The Kier molecular flexibility index (Phi) is 5.09. The molecule has 126 valence electrons.